The largest absolute Gasteiger partial charge is 0.444 e. The Labute approximate surface area is 191 Å². The molecule has 0 bridgehead atoms. The molecule has 0 saturated carbocycles. The third kappa shape index (κ3) is 4.62. The lowest BCUT2D eigenvalue weighted by Crippen LogP contribution is -2.56. The van der Waals surface area contributed by atoms with Gasteiger partial charge in [0, 0.05) is 23.9 Å². The van der Waals surface area contributed by atoms with Crippen molar-refractivity contribution in [1.82, 2.24) is 19.5 Å². The van der Waals surface area contributed by atoms with Gasteiger partial charge in [0.2, 0.25) is 5.95 Å². The zero-order valence-corrected chi connectivity index (χ0v) is 18.6. The zero-order valence-electron chi connectivity index (χ0n) is 18.6. The minimum atomic E-state index is -3.32. The third-order valence-electron chi connectivity index (χ3n) is 5.24. The van der Waals surface area contributed by atoms with Crippen LogP contribution in [0.25, 0.3) is 16.8 Å². The minimum absolute atomic E-state index is 0.0286. The fourth-order valence-electron chi connectivity index (χ4n) is 3.67. The minimum Gasteiger partial charge on any atom is -0.444 e. The number of amides is 1. The maximum atomic E-state index is 14.8. The Kier molecular flexibility index (Phi) is 5.86. The number of benzene rings is 1. The second-order valence-corrected chi connectivity index (χ2v) is 9.00. The van der Waals surface area contributed by atoms with Gasteiger partial charge in [-0.3, -0.25) is 0 Å². The third-order valence-corrected chi connectivity index (χ3v) is 5.24. The summed E-state index contributed by atoms with van der Waals surface area (Å²) in [6.45, 7) is 4.12. The molecule has 0 radical (unpaired) electrons. The summed E-state index contributed by atoms with van der Waals surface area (Å²) in [6.07, 6.45) is 0.527. The highest BCUT2D eigenvalue weighted by Gasteiger charge is 2.47. The van der Waals surface area contributed by atoms with E-state index < -0.39 is 47.7 Å². The standard InChI is InChI=1S/C22H22F5N5O2/c1-21(2,3)34-20(33)31-10-8-15(22(26,27)11-31)28-19-29-18-13(5-4-9-32(18)30-19)12-6-7-14(23)17(25)16(12)24/h4-7,9,15H,8,10-11H2,1-3H3,(H,28,30). The molecule has 34 heavy (non-hydrogen) atoms. The number of fused-ring (bicyclic) bond motifs is 1. The number of likely N-dealkylation sites (tertiary alicyclic amines) is 1. The molecule has 1 N–H and O–H groups in total. The monoisotopic (exact) mass is 483 g/mol. The Morgan fingerprint density at radius 3 is 2.56 bits per heavy atom. The van der Waals surface area contributed by atoms with Gasteiger partial charge in [0.05, 0.1) is 12.6 Å². The lowest BCUT2D eigenvalue weighted by atomic mass is 10.0. The second kappa shape index (κ2) is 8.41. The van der Waals surface area contributed by atoms with Gasteiger partial charge in [0.15, 0.2) is 23.1 Å². The number of carbonyl (C=O) groups excluding carboxylic acids is 1. The maximum absolute atomic E-state index is 14.8. The highest BCUT2D eigenvalue weighted by molar-refractivity contribution is 5.78. The Hall–Kier alpha value is -3.44. The van der Waals surface area contributed by atoms with Crippen molar-refractivity contribution in [3.8, 4) is 11.1 Å². The Morgan fingerprint density at radius 1 is 1.15 bits per heavy atom. The molecule has 1 saturated heterocycles. The number of carbonyl (C=O) groups is 1. The molecule has 1 amide bonds. The van der Waals surface area contributed by atoms with Crippen molar-refractivity contribution >= 4 is 17.7 Å². The van der Waals surface area contributed by atoms with Crippen LogP contribution in [0.15, 0.2) is 30.5 Å². The van der Waals surface area contributed by atoms with Crippen molar-refractivity contribution in [3.05, 3.63) is 47.9 Å². The first-order valence-electron chi connectivity index (χ1n) is 10.5. The number of nitrogens with zero attached hydrogens (tertiary/aromatic N) is 4. The molecule has 0 aliphatic carbocycles. The number of piperidine rings is 1. The number of anilines is 1. The first-order chi connectivity index (χ1) is 15.9. The van der Waals surface area contributed by atoms with Crippen LogP contribution >= 0.6 is 0 Å². The van der Waals surface area contributed by atoms with Gasteiger partial charge in [0.1, 0.15) is 5.60 Å². The molecule has 182 valence electrons. The summed E-state index contributed by atoms with van der Waals surface area (Å²) in [4.78, 5) is 17.3. The maximum Gasteiger partial charge on any atom is 0.410 e. The first kappa shape index (κ1) is 23.7. The molecule has 1 fully saturated rings. The molecule has 7 nitrogen and oxygen atoms in total. The van der Waals surface area contributed by atoms with Gasteiger partial charge in [-0.25, -0.2) is 31.3 Å². The number of nitrogens with one attached hydrogen (secondary N) is 1. The number of alkyl halides is 2. The van der Waals surface area contributed by atoms with Crippen molar-refractivity contribution in [2.75, 3.05) is 18.4 Å². The molecule has 12 heteroatoms. The normalized spacial score (nSPS) is 18.2. The van der Waals surface area contributed by atoms with E-state index in [1.165, 1.54) is 22.8 Å². The summed E-state index contributed by atoms with van der Waals surface area (Å²) in [5.74, 6) is -7.84. The van der Waals surface area contributed by atoms with E-state index in [2.05, 4.69) is 15.4 Å². The van der Waals surface area contributed by atoms with E-state index in [4.69, 9.17) is 4.74 Å². The van der Waals surface area contributed by atoms with Crippen molar-refractivity contribution in [2.24, 2.45) is 0 Å². The fraction of sp³-hybridized carbons (Fsp3) is 0.409. The van der Waals surface area contributed by atoms with Crippen LogP contribution in [0.3, 0.4) is 0 Å². The van der Waals surface area contributed by atoms with Crippen molar-refractivity contribution < 1.29 is 31.5 Å². The predicted octanol–water partition coefficient (Wildman–Crippen LogP) is 4.87. The number of hydrogen-bond donors (Lipinski definition) is 1. The quantitative estimate of drug-likeness (QED) is 0.425. The van der Waals surface area contributed by atoms with Gasteiger partial charge in [-0.2, -0.15) is 4.98 Å². The second-order valence-electron chi connectivity index (χ2n) is 9.00. The van der Waals surface area contributed by atoms with E-state index in [-0.39, 0.29) is 35.7 Å². The molecule has 1 aliphatic heterocycles. The van der Waals surface area contributed by atoms with Crippen LogP contribution < -0.4 is 5.32 Å². The summed E-state index contributed by atoms with van der Waals surface area (Å²) < 4.78 is 77.4. The van der Waals surface area contributed by atoms with Gasteiger partial charge in [-0.15, -0.1) is 5.10 Å². The topological polar surface area (TPSA) is 71.8 Å². The van der Waals surface area contributed by atoms with E-state index in [0.29, 0.717) is 0 Å². The Balaban J connectivity index is 1.56. The van der Waals surface area contributed by atoms with Crippen LogP contribution in [0, 0.1) is 17.5 Å². The Morgan fingerprint density at radius 2 is 1.88 bits per heavy atom. The van der Waals surface area contributed by atoms with Crippen molar-refractivity contribution in [3.63, 3.8) is 0 Å². The van der Waals surface area contributed by atoms with E-state index in [1.54, 1.807) is 20.8 Å². The van der Waals surface area contributed by atoms with Gasteiger partial charge < -0.3 is 15.0 Å². The van der Waals surface area contributed by atoms with Gasteiger partial charge in [-0.1, -0.05) is 0 Å². The zero-order chi connectivity index (χ0) is 24.8. The van der Waals surface area contributed by atoms with Crippen LogP contribution in [-0.4, -0.2) is 56.2 Å². The molecule has 1 aromatic carbocycles. The molecule has 1 unspecified atom stereocenters. The lowest BCUT2D eigenvalue weighted by molar-refractivity contribution is -0.0771. The number of rotatable bonds is 3. The highest BCUT2D eigenvalue weighted by atomic mass is 19.3. The van der Waals surface area contributed by atoms with Gasteiger partial charge in [-0.05, 0) is 51.5 Å². The van der Waals surface area contributed by atoms with Gasteiger partial charge in [0.25, 0.3) is 5.92 Å². The van der Waals surface area contributed by atoms with E-state index in [9.17, 15) is 26.7 Å². The summed E-state index contributed by atoms with van der Waals surface area (Å²) >= 11 is 0. The molecule has 1 aliphatic rings. The smallest absolute Gasteiger partial charge is 0.410 e. The van der Waals surface area contributed by atoms with E-state index in [0.717, 1.165) is 17.0 Å². The number of ether oxygens (including phenoxy) is 1. The summed E-state index contributed by atoms with van der Waals surface area (Å²) in [7, 11) is 0. The van der Waals surface area contributed by atoms with Crippen LogP contribution in [0.4, 0.5) is 32.7 Å². The molecule has 3 heterocycles. The van der Waals surface area contributed by atoms with Crippen LogP contribution in [0.1, 0.15) is 27.2 Å². The van der Waals surface area contributed by atoms with Crippen LogP contribution in [0.5, 0.6) is 0 Å². The van der Waals surface area contributed by atoms with Gasteiger partial charge >= 0.3 is 6.09 Å². The molecule has 0 spiro atoms. The number of aromatic nitrogens is 3. The van der Waals surface area contributed by atoms with E-state index in [1.807, 2.05) is 0 Å². The lowest BCUT2D eigenvalue weighted by Gasteiger charge is -2.38. The summed E-state index contributed by atoms with van der Waals surface area (Å²) in [5.41, 5.74) is -0.901. The van der Waals surface area contributed by atoms with Crippen LogP contribution in [0.2, 0.25) is 0 Å². The number of hydrogen-bond acceptors (Lipinski definition) is 5. The average Bonchev–Trinajstić information content (AvgIpc) is 3.15. The SMILES string of the molecule is CC(C)(C)OC(=O)N1CCC(Nc2nc3c(-c4ccc(F)c(F)c4F)cccn3n2)C(F)(F)C1. The summed E-state index contributed by atoms with van der Waals surface area (Å²) in [5, 5.41) is 6.68. The molecule has 1 atom stereocenters. The molecule has 4 rings (SSSR count). The number of halogens is 5. The first-order valence-corrected chi connectivity index (χ1v) is 10.5. The fourth-order valence-corrected chi connectivity index (χ4v) is 3.67. The molecular formula is C22H22F5N5O2. The Bertz CT molecular complexity index is 1240. The van der Waals surface area contributed by atoms with E-state index >= 15 is 0 Å². The van der Waals surface area contributed by atoms with Crippen molar-refractivity contribution in [2.45, 2.75) is 44.8 Å². The molecule has 2 aromatic heterocycles. The highest BCUT2D eigenvalue weighted by Crippen LogP contribution is 2.32. The number of pyridine rings is 1. The predicted molar refractivity (Wildman–Crippen MR) is 113 cm³/mol. The van der Waals surface area contributed by atoms with Crippen molar-refractivity contribution in [1.29, 1.82) is 0 Å². The van der Waals surface area contributed by atoms with Crippen LogP contribution in [-0.2, 0) is 4.74 Å². The summed E-state index contributed by atoms with van der Waals surface area (Å²) in [6, 6.07) is 3.37. The molecule has 3 aromatic rings. The average molecular weight is 483 g/mol. The molecular weight excluding hydrogens is 461 g/mol.